The highest BCUT2D eigenvalue weighted by Gasteiger charge is 2.13. The standard InChI is InChI=1S/C13H11Cl2N3O3S/c1-2-21-10(19)4-8-6-22-13(17-8)18-12(20)7-3-9(14)11(15)16-5-7/h3,5-6H,2,4H2,1H3,(H,17,18,20). The molecule has 0 unspecified atom stereocenters. The first-order chi connectivity index (χ1) is 10.5. The van der Waals surface area contributed by atoms with Crippen molar-refractivity contribution in [3.8, 4) is 0 Å². The third kappa shape index (κ3) is 4.40. The molecule has 9 heteroatoms. The summed E-state index contributed by atoms with van der Waals surface area (Å²) in [4.78, 5) is 31.3. The minimum atomic E-state index is -0.414. The Morgan fingerprint density at radius 2 is 2.18 bits per heavy atom. The first-order valence-corrected chi connectivity index (χ1v) is 7.85. The number of amides is 1. The van der Waals surface area contributed by atoms with Crippen LogP contribution in [0.1, 0.15) is 23.0 Å². The number of carbonyl (C=O) groups excluding carboxylic acids is 2. The Labute approximate surface area is 140 Å². The van der Waals surface area contributed by atoms with E-state index >= 15 is 0 Å². The molecule has 1 N–H and O–H groups in total. The molecule has 2 rings (SSSR count). The largest absolute Gasteiger partial charge is 0.466 e. The zero-order chi connectivity index (χ0) is 16.1. The lowest BCUT2D eigenvalue weighted by Gasteiger charge is -2.02. The number of nitrogens with zero attached hydrogens (tertiary/aromatic N) is 2. The second kappa shape index (κ2) is 7.53. The second-order valence-corrected chi connectivity index (χ2v) is 5.70. The fraction of sp³-hybridized carbons (Fsp3) is 0.231. The summed E-state index contributed by atoms with van der Waals surface area (Å²) >= 11 is 12.7. The Kier molecular flexibility index (Phi) is 5.70. The number of anilines is 1. The Hall–Kier alpha value is -1.70. The van der Waals surface area contributed by atoms with E-state index in [1.165, 1.54) is 23.6 Å². The minimum absolute atomic E-state index is 0.0640. The highest BCUT2D eigenvalue weighted by atomic mass is 35.5. The number of ether oxygens (including phenoxy) is 1. The molecular weight excluding hydrogens is 349 g/mol. The van der Waals surface area contributed by atoms with Gasteiger partial charge in [-0.3, -0.25) is 14.9 Å². The highest BCUT2D eigenvalue weighted by molar-refractivity contribution is 7.14. The van der Waals surface area contributed by atoms with Gasteiger partial charge in [0.25, 0.3) is 5.91 Å². The Morgan fingerprint density at radius 3 is 2.86 bits per heavy atom. The van der Waals surface area contributed by atoms with E-state index in [1.54, 1.807) is 12.3 Å². The minimum Gasteiger partial charge on any atom is -0.466 e. The van der Waals surface area contributed by atoms with Crippen molar-refractivity contribution in [3.63, 3.8) is 0 Å². The molecule has 116 valence electrons. The zero-order valence-corrected chi connectivity index (χ0v) is 13.8. The van der Waals surface area contributed by atoms with Gasteiger partial charge in [0.15, 0.2) is 5.13 Å². The van der Waals surface area contributed by atoms with E-state index in [2.05, 4.69) is 15.3 Å². The van der Waals surface area contributed by atoms with Crippen molar-refractivity contribution in [1.29, 1.82) is 0 Å². The van der Waals surface area contributed by atoms with Crippen molar-refractivity contribution in [2.45, 2.75) is 13.3 Å². The van der Waals surface area contributed by atoms with E-state index in [-0.39, 0.29) is 28.1 Å². The highest BCUT2D eigenvalue weighted by Crippen LogP contribution is 2.21. The maximum absolute atomic E-state index is 12.0. The molecule has 2 aromatic rings. The molecule has 22 heavy (non-hydrogen) atoms. The van der Waals surface area contributed by atoms with Gasteiger partial charge in [0.2, 0.25) is 0 Å². The first kappa shape index (κ1) is 16.7. The van der Waals surface area contributed by atoms with E-state index in [0.29, 0.717) is 17.4 Å². The van der Waals surface area contributed by atoms with Crippen LogP contribution in [0.4, 0.5) is 5.13 Å². The number of thiazole rings is 1. The van der Waals surface area contributed by atoms with Gasteiger partial charge in [-0.25, -0.2) is 9.97 Å². The van der Waals surface area contributed by atoms with Crippen LogP contribution in [0.25, 0.3) is 0 Å². The number of rotatable bonds is 5. The van der Waals surface area contributed by atoms with Crippen LogP contribution < -0.4 is 5.32 Å². The van der Waals surface area contributed by atoms with Crippen LogP contribution in [0.2, 0.25) is 10.2 Å². The molecule has 0 bridgehead atoms. The molecule has 2 aromatic heterocycles. The van der Waals surface area contributed by atoms with Crippen LogP contribution in [-0.4, -0.2) is 28.5 Å². The van der Waals surface area contributed by atoms with E-state index in [1.807, 2.05) is 0 Å². The van der Waals surface area contributed by atoms with E-state index < -0.39 is 5.91 Å². The van der Waals surface area contributed by atoms with Crippen LogP contribution in [-0.2, 0) is 16.0 Å². The molecule has 0 aromatic carbocycles. The Balaban J connectivity index is 2.01. The van der Waals surface area contributed by atoms with Crippen LogP contribution in [0.3, 0.4) is 0 Å². The molecular formula is C13H11Cl2N3O3S. The normalized spacial score (nSPS) is 10.3. The second-order valence-electron chi connectivity index (χ2n) is 4.08. The number of pyridine rings is 1. The molecule has 0 aliphatic carbocycles. The lowest BCUT2D eigenvalue weighted by atomic mass is 10.3. The van der Waals surface area contributed by atoms with Crippen molar-refractivity contribution in [2.24, 2.45) is 0 Å². The molecule has 0 aliphatic heterocycles. The van der Waals surface area contributed by atoms with Gasteiger partial charge in [-0.05, 0) is 13.0 Å². The summed E-state index contributed by atoms with van der Waals surface area (Å²) in [5.41, 5.74) is 0.794. The van der Waals surface area contributed by atoms with Gasteiger partial charge >= 0.3 is 5.97 Å². The molecule has 6 nitrogen and oxygen atoms in total. The zero-order valence-electron chi connectivity index (χ0n) is 11.4. The Morgan fingerprint density at radius 1 is 1.41 bits per heavy atom. The van der Waals surface area contributed by atoms with Crippen LogP contribution in [0, 0.1) is 0 Å². The quantitative estimate of drug-likeness (QED) is 0.654. The fourth-order valence-electron chi connectivity index (χ4n) is 1.52. The first-order valence-electron chi connectivity index (χ1n) is 6.22. The summed E-state index contributed by atoms with van der Waals surface area (Å²) in [5.74, 6) is -0.775. The maximum atomic E-state index is 12.0. The average molecular weight is 360 g/mol. The smallest absolute Gasteiger partial charge is 0.311 e. The molecule has 0 aliphatic rings. The third-order valence-electron chi connectivity index (χ3n) is 2.46. The number of esters is 1. The van der Waals surface area contributed by atoms with Gasteiger partial charge in [-0.1, -0.05) is 23.2 Å². The van der Waals surface area contributed by atoms with Crippen LogP contribution >= 0.6 is 34.5 Å². The van der Waals surface area contributed by atoms with E-state index in [0.717, 1.165) is 0 Å². The van der Waals surface area contributed by atoms with Crippen molar-refractivity contribution in [2.75, 3.05) is 11.9 Å². The van der Waals surface area contributed by atoms with Crippen LogP contribution in [0.15, 0.2) is 17.6 Å². The predicted molar refractivity (Wildman–Crippen MR) is 84.7 cm³/mol. The molecule has 0 fully saturated rings. The summed E-state index contributed by atoms with van der Waals surface area (Å²) < 4.78 is 4.83. The van der Waals surface area contributed by atoms with E-state index in [4.69, 9.17) is 27.9 Å². The maximum Gasteiger partial charge on any atom is 0.311 e. The van der Waals surface area contributed by atoms with Crippen LogP contribution in [0.5, 0.6) is 0 Å². The molecule has 0 radical (unpaired) electrons. The lowest BCUT2D eigenvalue weighted by Crippen LogP contribution is -2.12. The van der Waals surface area contributed by atoms with E-state index in [9.17, 15) is 9.59 Å². The lowest BCUT2D eigenvalue weighted by molar-refractivity contribution is -0.142. The number of halogens is 2. The van der Waals surface area contributed by atoms with Crippen molar-refractivity contribution >= 4 is 51.5 Å². The van der Waals surface area contributed by atoms with Gasteiger partial charge in [-0.2, -0.15) is 0 Å². The average Bonchev–Trinajstić information content (AvgIpc) is 2.89. The summed E-state index contributed by atoms with van der Waals surface area (Å²) in [6, 6.07) is 1.42. The summed E-state index contributed by atoms with van der Waals surface area (Å²) in [5, 5.41) is 4.98. The summed E-state index contributed by atoms with van der Waals surface area (Å²) in [6.45, 7) is 2.05. The predicted octanol–water partition coefficient (Wildman–Crippen LogP) is 3.20. The molecule has 0 saturated heterocycles. The molecule has 0 atom stereocenters. The molecule has 2 heterocycles. The topological polar surface area (TPSA) is 81.2 Å². The number of carbonyl (C=O) groups is 2. The number of hydrogen-bond donors (Lipinski definition) is 1. The van der Waals surface area contributed by atoms with Crippen molar-refractivity contribution in [1.82, 2.24) is 9.97 Å². The Bertz CT molecular complexity index is 706. The van der Waals surface area contributed by atoms with Crippen molar-refractivity contribution < 1.29 is 14.3 Å². The monoisotopic (exact) mass is 359 g/mol. The van der Waals surface area contributed by atoms with Gasteiger partial charge < -0.3 is 4.74 Å². The van der Waals surface area contributed by atoms with Gasteiger partial charge in [0.1, 0.15) is 5.15 Å². The fourth-order valence-corrected chi connectivity index (χ4v) is 2.50. The van der Waals surface area contributed by atoms with Gasteiger partial charge in [0.05, 0.1) is 29.3 Å². The molecule has 0 saturated carbocycles. The molecule has 1 amide bonds. The number of nitrogens with one attached hydrogen (secondary N) is 1. The summed E-state index contributed by atoms with van der Waals surface area (Å²) in [7, 11) is 0. The number of hydrogen-bond acceptors (Lipinski definition) is 6. The van der Waals surface area contributed by atoms with Crippen molar-refractivity contribution in [3.05, 3.63) is 39.1 Å². The van der Waals surface area contributed by atoms with Gasteiger partial charge in [0, 0.05) is 11.6 Å². The summed E-state index contributed by atoms with van der Waals surface area (Å²) in [6.07, 6.45) is 1.38. The van der Waals surface area contributed by atoms with Gasteiger partial charge in [-0.15, -0.1) is 11.3 Å². The third-order valence-corrected chi connectivity index (χ3v) is 3.95. The SMILES string of the molecule is CCOC(=O)Cc1csc(NC(=O)c2cnc(Cl)c(Cl)c2)n1. The number of aromatic nitrogens is 2. The molecule has 0 spiro atoms.